The minimum Gasteiger partial charge on any atom is -0.496 e. The first-order valence-corrected chi connectivity index (χ1v) is 8.97. The predicted octanol–water partition coefficient (Wildman–Crippen LogP) is 2.25. The van der Waals surface area contributed by atoms with Gasteiger partial charge in [-0.2, -0.15) is 5.10 Å². The molecule has 7 heteroatoms. The lowest BCUT2D eigenvalue weighted by Crippen LogP contribution is -2.26. The molecule has 0 saturated carbocycles. The van der Waals surface area contributed by atoms with Crippen LogP contribution >= 0.6 is 0 Å². The first-order valence-electron chi connectivity index (χ1n) is 7.49. The monoisotopic (exact) mass is 337 g/mol. The van der Waals surface area contributed by atoms with Crippen molar-refractivity contribution in [3.8, 4) is 5.75 Å². The molecule has 0 amide bonds. The molecule has 6 nitrogen and oxygen atoms in total. The number of rotatable bonds is 7. The fourth-order valence-electron chi connectivity index (χ4n) is 2.46. The van der Waals surface area contributed by atoms with Crippen molar-refractivity contribution in [2.45, 2.75) is 38.5 Å². The fourth-order valence-corrected chi connectivity index (χ4v) is 3.85. The van der Waals surface area contributed by atoms with Gasteiger partial charge in [-0.05, 0) is 62.4 Å². The van der Waals surface area contributed by atoms with E-state index in [2.05, 4.69) is 14.9 Å². The van der Waals surface area contributed by atoms with E-state index in [1.807, 2.05) is 13.8 Å². The van der Waals surface area contributed by atoms with Crippen molar-refractivity contribution in [3.05, 3.63) is 40.7 Å². The lowest BCUT2D eigenvalue weighted by Gasteiger charge is -2.12. The molecule has 0 fully saturated rings. The van der Waals surface area contributed by atoms with Crippen LogP contribution in [0.2, 0.25) is 0 Å². The second kappa shape index (κ2) is 7.14. The van der Waals surface area contributed by atoms with Crippen LogP contribution in [0.5, 0.6) is 5.75 Å². The first-order chi connectivity index (χ1) is 10.8. The molecule has 23 heavy (non-hydrogen) atoms. The van der Waals surface area contributed by atoms with Gasteiger partial charge in [0.1, 0.15) is 5.75 Å². The van der Waals surface area contributed by atoms with Crippen molar-refractivity contribution in [2.75, 3.05) is 13.7 Å². The van der Waals surface area contributed by atoms with Crippen LogP contribution in [0.25, 0.3) is 0 Å². The van der Waals surface area contributed by atoms with Crippen LogP contribution in [0.1, 0.15) is 28.8 Å². The summed E-state index contributed by atoms with van der Waals surface area (Å²) in [5.74, 6) is 0.692. The van der Waals surface area contributed by atoms with E-state index in [9.17, 15) is 8.42 Å². The Balaban J connectivity index is 2.02. The van der Waals surface area contributed by atoms with Gasteiger partial charge in [0.25, 0.3) is 0 Å². The third kappa shape index (κ3) is 4.11. The summed E-state index contributed by atoms with van der Waals surface area (Å²) in [6.45, 7) is 5.94. The van der Waals surface area contributed by atoms with Gasteiger partial charge in [0.2, 0.25) is 10.0 Å². The average molecular weight is 337 g/mol. The van der Waals surface area contributed by atoms with E-state index < -0.39 is 10.0 Å². The van der Waals surface area contributed by atoms with Gasteiger partial charge < -0.3 is 4.74 Å². The molecule has 126 valence electrons. The fraction of sp³-hybridized carbons (Fsp3) is 0.438. The minimum atomic E-state index is -3.52. The number of methoxy groups -OCH3 is 1. The smallest absolute Gasteiger partial charge is 0.240 e. The summed E-state index contributed by atoms with van der Waals surface area (Å²) < 4.78 is 32.8. The summed E-state index contributed by atoms with van der Waals surface area (Å²) in [7, 11) is -1.94. The van der Waals surface area contributed by atoms with E-state index in [1.165, 1.54) is 0 Å². The third-order valence-electron chi connectivity index (χ3n) is 3.83. The molecule has 0 bridgehead atoms. The number of aryl methyl sites for hydroxylation is 4. The molecule has 0 unspecified atom stereocenters. The first kappa shape index (κ1) is 17.5. The maximum Gasteiger partial charge on any atom is 0.240 e. The zero-order valence-corrected chi connectivity index (χ0v) is 14.8. The molecule has 1 aromatic carbocycles. The van der Waals surface area contributed by atoms with Crippen LogP contribution in [0.15, 0.2) is 23.2 Å². The normalized spacial score (nSPS) is 11.7. The molecule has 1 heterocycles. The third-order valence-corrected chi connectivity index (χ3v) is 5.43. The second-order valence-electron chi connectivity index (χ2n) is 5.61. The van der Waals surface area contributed by atoms with Crippen LogP contribution < -0.4 is 9.46 Å². The molecule has 0 saturated heterocycles. The highest BCUT2D eigenvalue weighted by atomic mass is 32.2. The van der Waals surface area contributed by atoms with E-state index in [4.69, 9.17) is 4.74 Å². The van der Waals surface area contributed by atoms with Gasteiger partial charge >= 0.3 is 0 Å². The highest BCUT2D eigenvalue weighted by molar-refractivity contribution is 7.89. The van der Waals surface area contributed by atoms with Crippen molar-refractivity contribution in [1.82, 2.24) is 14.9 Å². The number of ether oxygens (including phenoxy) is 1. The summed E-state index contributed by atoms with van der Waals surface area (Å²) in [4.78, 5) is 0.301. The Morgan fingerprint density at radius 3 is 2.57 bits per heavy atom. The van der Waals surface area contributed by atoms with E-state index in [0.717, 1.165) is 23.2 Å². The molecular formula is C16H23N3O3S. The zero-order valence-electron chi connectivity index (χ0n) is 13.9. The molecule has 0 aliphatic rings. The van der Waals surface area contributed by atoms with Crippen LogP contribution in [0, 0.1) is 20.8 Å². The summed E-state index contributed by atoms with van der Waals surface area (Å²) in [5.41, 5.74) is 3.60. The topological polar surface area (TPSA) is 84.1 Å². The molecule has 2 rings (SSSR count). The number of hydrogen-bond acceptors (Lipinski definition) is 4. The van der Waals surface area contributed by atoms with Crippen LogP contribution in [-0.4, -0.2) is 32.3 Å². The Kier molecular flexibility index (Phi) is 5.43. The predicted molar refractivity (Wildman–Crippen MR) is 89.3 cm³/mol. The van der Waals surface area contributed by atoms with Crippen molar-refractivity contribution in [2.24, 2.45) is 0 Å². The average Bonchev–Trinajstić information content (AvgIpc) is 2.91. The standard InChI is InChI=1S/C16H23N3O3S/c1-11-9-16(12(2)8-15(11)22-4)23(20,21)18-7-5-6-14-10-17-19-13(14)3/h8-10,18H,5-7H2,1-4H3,(H,17,19). The van der Waals surface area contributed by atoms with E-state index in [0.29, 0.717) is 29.2 Å². The largest absolute Gasteiger partial charge is 0.496 e. The van der Waals surface area contributed by atoms with Gasteiger partial charge in [-0.1, -0.05) is 0 Å². The molecular weight excluding hydrogens is 314 g/mol. The summed E-state index contributed by atoms with van der Waals surface area (Å²) in [6, 6.07) is 3.40. The Bertz CT molecular complexity index is 782. The molecule has 2 aromatic rings. The number of aromatic amines is 1. The maximum absolute atomic E-state index is 12.5. The highest BCUT2D eigenvalue weighted by Crippen LogP contribution is 2.25. The van der Waals surface area contributed by atoms with Gasteiger partial charge in [0, 0.05) is 12.2 Å². The summed E-state index contributed by atoms with van der Waals surface area (Å²) in [5, 5.41) is 6.83. The number of nitrogens with zero attached hydrogens (tertiary/aromatic N) is 1. The number of hydrogen-bond donors (Lipinski definition) is 2. The van der Waals surface area contributed by atoms with E-state index in [-0.39, 0.29) is 0 Å². The maximum atomic E-state index is 12.5. The van der Waals surface area contributed by atoms with E-state index in [1.54, 1.807) is 32.4 Å². The number of H-pyrrole nitrogens is 1. The lowest BCUT2D eigenvalue weighted by atomic mass is 10.1. The Hall–Kier alpha value is -1.86. The van der Waals surface area contributed by atoms with Gasteiger partial charge in [0.05, 0.1) is 18.2 Å². The van der Waals surface area contributed by atoms with Crippen molar-refractivity contribution >= 4 is 10.0 Å². The van der Waals surface area contributed by atoms with Crippen LogP contribution in [0.3, 0.4) is 0 Å². The number of benzene rings is 1. The minimum absolute atomic E-state index is 0.301. The number of nitrogens with one attached hydrogen (secondary N) is 2. The van der Waals surface area contributed by atoms with Gasteiger partial charge in [0.15, 0.2) is 0 Å². The summed E-state index contributed by atoms with van der Waals surface area (Å²) in [6.07, 6.45) is 3.28. The highest BCUT2D eigenvalue weighted by Gasteiger charge is 2.18. The van der Waals surface area contributed by atoms with Crippen LogP contribution in [-0.2, 0) is 16.4 Å². The molecule has 1 aromatic heterocycles. The lowest BCUT2D eigenvalue weighted by molar-refractivity contribution is 0.411. The van der Waals surface area contributed by atoms with Crippen molar-refractivity contribution in [1.29, 1.82) is 0 Å². The zero-order chi connectivity index (χ0) is 17.0. The Morgan fingerprint density at radius 2 is 1.96 bits per heavy atom. The number of aromatic nitrogens is 2. The van der Waals surface area contributed by atoms with Gasteiger partial charge in [-0.3, -0.25) is 5.10 Å². The van der Waals surface area contributed by atoms with Crippen LogP contribution in [0.4, 0.5) is 0 Å². The SMILES string of the molecule is COc1cc(C)c(S(=O)(=O)NCCCc2cn[nH]c2C)cc1C. The molecule has 0 aliphatic carbocycles. The number of sulfonamides is 1. The Morgan fingerprint density at radius 1 is 1.22 bits per heavy atom. The van der Waals surface area contributed by atoms with Crippen molar-refractivity contribution in [3.63, 3.8) is 0 Å². The molecule has 0 aliphatic heterocycles. The summed E-state index contributed by atoms with van der Waals surface area (Å²) >= 11 is 0. The molecule has 2 N–H and O–H groups in total. The molecule has 0 radical (unpaired) electrons. The van der Waals surface area contributed by atoms with Gasteiger partial charge in [-0.25, -0.2) is 13.1 Å². The Labute approximate surface area is 137 Å². The second-order valence-corrected chi connectivity index (χ2v) is 7.34. The molecule has 0 atom stereocenters. The molecule has 0 spiro atoms. The van der Waals surface area contributed by atoms with E-state index >= 15 is 0 Å². The van der Waals surface area contributed by atoms with Crippen molar-refractivity contribution < 1.29 is 13.2 Å². The quantitative estimate of drug-likeness (QED) is 0.759. The van der Waals surface area contributed by atoms with Gasteiger partial charge in [-0.15, -0.1) is 0 Å².